The van der Waals surface area contributed by atoms with Crippen molar-refractivity contribution in [3.63, 3.8) is 0 Å². The Balaban J connectivity index is 1.35. The molecule has 6 nitrogen and oxygen atoms in total. The van der Waals surface area contributed by atoms with E-state index in [4.69, 9.17) is 9.47 Å². The van der Waals surface area contributed by atoms with Crippen molar-refractivity contribution in [1.82, 2.24) is 10.3 Å². The number of carbonyl (C=O) groups excluding carboxylic acids is 1. The van der Waals surface area contributed by atoms with Crippen molar-refractivity contribution in [2.75, 3.05) is 12.1 Å². The topological polar surface area (TPSA) is 72.5 Å². The van der Waals surface area contributed by atoms with Gasteiger partial charge in [0.1, 0.15) is 5.82 Å². The maximum absolute atomic E-state index is 12.3. The van der Waals surface area contributed by atoms with Crippen molar-refractivity contribution in [3.05, 3.63) is 77.5 Å². The third-order valence-corrected chi connectivity index (χ3v) is 4.24. The summed E-state index contributed by atoms with van der Waals surface area (Å²) < 4.78 is 10.6. The lowest BCUT2D eigenvalue weighted by Gasteiger charge is -2.08. The average Bonchev–Trinajstić information content (AvgIpc) is 3.16. The number of fused-ring (bicyclic) bond motifs is 1. The molecule has 0 atom stereocenters. The van der Waals surface area contributed by atoms with Crippen LogP contribution in [-0.4, -0.2) is 17.7 Å². The number of benzene rings is 2. The average molecular weight is 361 g/mol. The maximum atomic E-state index is 12.3. The predicted octanol–water partition coefficient (Wildman–Crippen LogP) is 3.79. The predicted molar refractivity (Wildman–Crippen MR) is 102 cm³/mol. The summed E-state index contributed by atoms with van der Waals surface area (Å²) in [4.78, 5) is 16.6. The molecule has 1 aliphatic heterocycles. The smallest absolute Gasteiger partial charge is 0.253 e. The van der Waals surface area contributed by atoms with Gasteiger partial charge in [-0.15, -0.1) is 0 Å². The van der Waals surface area contributed by atoms with Gasteiger partial charge in [0.15, 0.2) is 11.5 Å². The van der Waals surface area contributed by atoms with Gasteiger partial charge < -0.3 is 20.1 Å². The number of nitrogens with one attached hydrogen (secondary N) is 2. The Hall–Kier alpha value is -3.54. The monoisotopic (exact) mass is 361 g/mol. The number of pyridine rings is 1. The molecule has 0 unspecified atom stereocenters. The van der Waals surface area contributed by atoms with Gasteiger partial charge in [-0.05, 0) is 48.9 Å². The minimum Gasteiger partial charge on any atom is -0.454 e. The molecular weight excluding hydrogens is 342 g/mol. The summed E-state index contributed by atoms with van der Waals surface area (Å²) >= 11 is 0. The molecule has 6 heteroatoms. The zero-order chi connectivity index (χ0) is 18.6. The van der Waals surface area contributed by atoms with Gasteiger partial charge in [-0.25, -0.2) is 4.98 Å². The summed E-state index contributed by atoms with van der Waals surface area (Å²) in [5.41, 5.74) is 3.60. The van der Waals surface area contributed by atoms with E-state index < -0.39 is 0 Å². The van der Waals surface area contributed by atoms with Gasteiger partial charge in [0.05, 0.1) is 5.56 Å². The maximum Gasteiger partial charge on any atom is 0.253 e. The van der Waals surface area contributed by atoms with E-state index in [1.54, 1.807) is 18.3 Å². The van der Waals surface area contributed by atoms with Crippen LogP contribution >= 0.6 is 0 Å². The molecule has 2 heterocycles. The number of hydrogen-bond donors (Lipinski definition) is 2. The molecule has 136 valence electrons. The number of carbonyl (C=O) groups is 1. The lowest BCUT2D eigenvalue weighted by molar-refractivity contribution is 0.0950. The highest BCUT2D eigenvalue weighted by atomic mass is 16.7. The van der Waals surface area contributed by atoms with Crippen molar-refractivity contribution < 1.29 is 14.3 Å². The number of anilines is 2. The Morgan fingerprint density at radius 3 is 2.63 bits per heavy atom. The third-order valence-electron chi connectivity index (χ3n) is 4.24. The summed E-state index contributed by atoms with van der Waals surface area (Å²) in [5, 5.41) is 6.10. The molecular formula is C21H19N3O3. The fraction of sp³-hybridized carbons (Fsp3) is 0.143. The molecule has 1 aromatic heterocycles. The Kier molecular flexibility index (Phi) is 4.61. The molecule has 1 amide bonds. The summed E-state index contributed by atoms with van der Waals surface area (Å²) in [7, 11) is 0. The number of ether oxygens (including phenoxy) is 2. The van der Waals surface area contributed by atoms with Gasteiger partial charge in [0, 0.05) is 18.4 Å². The minimum atomic E-state index is -0.179. The van der Waals surface area contributed by atoms with Crippen molar-refractivity contribution >= 4 is 17.4 Å². The number of hydrogen-bond acceptors (Lipinski definition) is 5. The molecule has 2 aromatic carbocycles. The van der Waals surface area contributed by atoms with Gasteiger partial charge in [-0.2, -0.15) is 0 Å². The second-order valence-corrected chi connectivity index (χ2v) is 6.29. The first-order valence-electron chi connectivity index (χ1n) is 8.64. The molecule has 1 aliphatic rings. The molecule has 0 aliphatic carbocycles. The van der Waals surface area contributed by atoms with E-state index in [9.17, 15) is 4.79 Å². The lowest BCUT2D eigenvalue weighted by atomic mass is 10.2. The van der Waals surface area contributed by atoms with E-state index in [1.165, 1.54) is 5.56 Å². The Bertz CT molecular complexity index is 953. The fourth-order valence-electron chi connectivity index (χ4n) is 2.72. The van der Waals surface area contributed by atoms with Crippen LogP contribution in [0.1, 0.15) is 21.5 Å². The fourth-order valence-corrected chi connectivity index (χ4v) is 2.72. The zero-order valence-corrected chi connectivity index (χ0v) is 14.9. The summed E-state index contributed by atoms with van der Waals surface area (Å²) in [6, 6.07) is 17.2. The second kappa shape index (κ2) is 7.37. The summed E-state index contributed by atoms with van der Waals surface area (Å²) in [6.07, 6.45) is 1.56. The van der Waals surface area contributed by atoms with Gasteiger partial charge >= 0.3 is 0 Å². The zero-order valence-electron chi connectivity index (χ0n) is 14.9. The first-order chi connectivity index (χ1) is 13.2. The summed E-state index contributed by atoms with van der Waals surface area (Å²) in [6.45, 7) is 2.68. The first kappa shape index (κ1) is 16.9. The minimum absolute atomic E-state index is 0.179. The molecule has 0 saturated carbocycles. The van der Waals surface area contributed by atoms with Crippen LogP contribution in [-0.2, 0) is 6.54 Å². The highest BCUT2D eigenvalue weighted by Crippen LogP contribution is 2.32. The van der Waals surface area contributed by atoms with Crippen molar-refractivity contribution in [2.45, 2.75) is 13.5 Å². The van der Waals surface area contributed by atoms with Crippen LogP contribution in [0.25, 0.3) is 0 Å². The molecule has 27 heavy (non-hydrogen) atoms. The van der Waals surface area contributed by atoms with E-state index in [0.717, 1.165) is 17.0 Å². The van der Waals surface area contributed by atoms with Crippen molar-refractivity contribution in [1.29, 1.82) is 0 Å². The lowest BCUT2D eigenvalue weighted by Crippen LogP contribution is -2.22. The van der Waals surface area contributed by atoms with Crippen molar-refractivity contribution in [3.8, 4) is 11.5 Å². The Morgan fingerprint density at radius 2 is 1.85 bits per heavy atom. The van der Waals surface area contributed by atoms with Crippen LogP contribution in [0.15, 0.2) is 60.8 Å². The van der Waals surface area contributed by atoms with E-state index in [1.807, 2.05) is 49.4 Å². The van der Waals surface area contributed by atoms with Crippen LogP contribution in [0.4, 0.5) is 11.5 Å². The quantitative estimate of drug-likeness (QED) is 0.723. The van der Waals surface area contributed by atoms with Gasteiger partial charge in [0.2, 0.25) is 6.79 Å². The Morgan fingerprint density at radius 1 is 1.04 bits per heavy atom. The van der Waals surface area contributed by atoms with E-state index in [-0.39, 0.29) is 12.7 Å². The number of aryl methyl sites for hydroxylation is 1. The Labute approximate surface area is 157 Å². The van der Waals surface area contributed by atoms with Crippen molar-refractivity contribution in [2.24, 2.45) is 0 Å². The standard InChI is InChI=1S/C21H19N3O3/c1-14-2-6-17(7-3-14)24-20-9-5-16(12-22-20)21(25)23-11-15-4-8-18-19(10-15)27-13-26-18/h2-10,12H,11,13H2,1H3,(H,22,24)(H,23,25). The molecule has 0 bridgehead atoms. The van der Waals surface area contributed by atoms with Crippen LogP contribution in [0.2, 0.25) is 0 Å². The SMILES string of the molecule is Cc1ccc(Nc2ccc(C(=O)NCc3ccc4c(c3)OCO4)cn2)cc1. The highest BCUT2D eigenvalue weighted by Gasteiger charge is 2.13. The second-order valence-electron chi connectivity index (χ2n) is 6.29. The number of rotatable bonds is 5. The molecule has 3 aromatic rings. The summed E-state index contributed by atoms with van der Waals surface area (Å²) in [5.74, 6) is 1.94. The van der Waals surface area contributed by atoms with Gasteiger partial charge in [-0.1, -0.05) is 23.8 Å². The molecule has 0 radical (unpaired) electrons. The van der Waals surface area contributed by atoms with E-state index in [0.29, 0.717) is 23.7 Å². The van der Waals surface area contributed by atoms with Crippen LogP contribution in [0, 0.1) is 6.92 Å². The van der Waals surface area contributed by atoms with E-state index in [2.05, 4.69) is 15.6 Å². The highest BCUT2D eigenvalue weighted by molar-refractivity contribution is 5.94. The third kappa shape index (κ3) is 4.00. The number of amides is 1. The normalized spacial score (nSPS) is 11.9. The first-order valence-corrected chi connectivity index (χ1v) is 8.64. The molecule has 0 spiro atoms. The molecule has 4 rings (SSSR count). The largest absolute Gasteiger partial charge is 0.454 e. The van der Waals surface area contributed by atoms with E-state index >= 15 is 0 Å². The van der Waals surface area contributed by atoms with Gasteiger partial charge in [0.25, 0.3) is 5.91 Å². The molecule has 2 N–H and O–H groups in total. The number of nitrogens with zero attached hydrogens (tertiary/aromatic N) is 1. The van der Waals surface area contributed by atoms with Gasteiger partial charge in [-0.3, -0.25) is 4.79 Å². The van der Waals surface area contributed by atoms with Crippen LogP contribution < -0.4 is 20.1 Å². The molecule has 0 fully saturated rings. The molecule has 0 saturated heterocycles. The van der Waals surface area contributed by atoms with Crippen LogP contribution in [0.5, 0.6) is 11.5 Å². The van der Waals surface area contributed by atoms with Crippen LogP contribution in [0.3, 0.4) is 0 Å². The number of aromatic nitrogens is 1.